The van der Waals surface area contributed by atoms with E-state index >= 15 is 0 Å². The van der Waals surface area contributed by atoms with Crippen molar-refractivity contribution in [1.29, 1.82) is 0 Å². The van der Waals surface area contributed by atoms with Gasteiger partial charge in [0.15, 0.2) is 0 Å². The lowest BCUT2D eigenvalue weighted by Gasteiger charge is -2.37. The second kappa shape index (κ2) is 8.66. The topological polar surface area (TPSA) is 61.8 Å². The van der Waals surface area contributed by atoms with E-state index in [9.17, 15) is 9.90 Å². The van der Waals surface area contributed by atoms with Gasteiger partial charge in [0.25, 0.3) is 0 Å². The van der Waals surface area contributed by atoms with Crippen molar-refractivity contribution in [1.82, 2.24) is 10.2 Å². The number of carbonyl (C=O) groups excluding carboxylic acids is 1. The van der Waals surface area contributed by atoms with Crippen LogP contribution < -0.4 is 5.32 Å². The number of carbonyl (C=O) groups is 1. The summed E-state index contributed by atoms with van der Waals surface area (Å²) < 4.78 is 5.47. The number of morpholine rings is 1. The highest BCUT2D eigenvalue weighted by atomic mass is 32.1. The molecule has 1 fully saturated rings. The summed E-state index contributed by atoms with van der Waals surface area (Å²) in [6.45, 7) is 7.69. The molecule has 2 rings (SSSR count). The fraction of sp³-hybridized carbons (Fsp3) is 0.706. The van der Waals surface area contributed by atoms with Crippen LogP contribution in [0.4, 0.5) is 4.79 Å². The number of aliphatic hydroxyl groups is 1. The Kier molecular flexibility index (Phi) is 6.87. The molecule has 6 heteroatoms. The molecule has 130 valence electrons. The third-order valence-electron chi connectivity index (χ3n) is 3.99. The molecule has 3 atom stereocenters. The summed E-state index contributed by atoms with van der Waals surface area (Å²) in [4.78, 5) is 15.8. The summed E-state index contributed by atoms with van der Waals surface area (Å²) in [7, 11) is 0. The smallest absolute Gasteiger partial charge is 0.318 e. The number of amides is 2. The second-order valence-electron chi connectivity index (χ2n) is 6.65. The molecular formula is C17H28N2O3S. The Bertz CT molecular complexity index is 476. The van der Waals surface area contributed by atoms with Crippen LogP contribution >= 0.6 is 11.3 Å². The Morgan fingerprint density at radius 2 is 2.30 bits per heavy atom. The van der Waals surface area contributed by atoms with Gasteiger partial charge < -0.3 is 20.1 Å². The molecule has 23 heavy (non-hydrogen) atoms. The number of rotatable bonds is 6. The zero-order valence-corrected chi connectivity index (χ0v) is 15.0. The Morgan fingerprint density at radius 1 is 1.52 bits per heavy atom. The van der Waals surface area contributed by atoms with Gasteiger partial charge in [-0.3, -0.25) is 0 Å². The maximum Gasteiger partial charge on any atom is 0.318 e. The summed E-state index contributed by atoms with van der Waals surface area (Å²) in [5.74, 6) is 0.500. The molecule has 1 saturated heterocycles. The Hall–Kier alpha value is -1.11. The Balaban J connectivity index is 2.04. The zero-order chi connectivity index (χ0) is 16.8. The van der Waals surface area contributed by atoms with Gasteiger partial charge in [-0.15, -0.1) is 11.3 Å². The average molecular weight is 340 g/mol. The standard InChI is InChI=1S/C17H28N2O3S/c1-12(2)9-15(16-5-4-8-23-16)18-17(21)19-6-7-22-11-14(19)10-13(3)20/h4-5,8,12-15,20H,6-7,9-11H2,1-3H3,(H,18,21)/t13-,14+,15+/m1/s1. The van der Waals surface area contributed by atoms with Crippen LogP contribution in [0, 0.1) is 5.92 Å². The number of hydrogen-bond acceptors (Lipinski definition) is 4. The number of aliphatic hydroxyl groups excluding tert-OH is 1. The molecule has 5 nitrogen and oxygen atoms in total. The van der Waals surface area contributed by atoms with Crippen molar-refractivity contribution in [3.05, 3.63) is 22.4 Å². The minimum absolute atomic E-state index is 0.0394. The van der Waals surface area contributed by atoms with Gasteiger partial charge in [-0.1, -0.05) is 19.9 Å². The van der Waals surface area contributed by atoms with Gasteiger partial charge in [0.2, 0.25) is 0 Å². The predicted octanol–water partition coefficient (Wildman–Crippen LogP) is 3.02. The average Bonchev–Trinajstić information content (AvgIpc) is 3.00. The molecule has 0 spiro atoms. The monoisotopic (exact) mass is 340 g/mol. The van der Waals surface area contributed by atoms with Crippen LogP contribution in [0.15, 0.2) is 17.5 Å². The van der Waals surface area contributed by atoms with Crippen LogP contribution in [0.5, 0.6) is 0 Å². The third kappa shape index (κ3) is 5.48. The van der Waals surface area contributed by atoms with Crippen molar-refractivity contribution in [2.45, 2.75) is 51.8 Å². The number of nitrogens with zero attached hydrogens (tertiary/aromatic N) is 1. The van der Waals surface area contributed by atoms with Crippen molar-refractivity contribution >= 4 is 17.4 Å². The van der Waals surface area contributed by atoms with E-state index in [2.05, 4.69) is 25.2 Å². The van der Waals surface area contributed by atoms with Crippen LogP contribution in [-0.2, 0) is 4.74 Å². The largest absolute Gasteiger partial charge is 0.393 e. The minimum Gasteiger partial charge on any atom is -0.393 e. The molecule has 1 aliphatic rings. The summed E-state index contributed by atoms with van der Waals surface area (Å²) in [6, 6.07) is 4.01. The molecule has 0 saturated carbocycles. The normalized spacial score (nSPS) is 21.3. The van der Waals surface area contributed by atoms with Crippen LogP contribution in [0.25, 0.3) is 0 Å². The highest BCUT2D eigenvalue weighted by Crippen LogP contribution is 2.26. The van der Waals surface area contributed by atoms with Crippen molar-refractivity contribution in [3.8, 4) is 0 Å². The van der Waals surface area contributed by atoms with Gasteiger partial charge in [0, 0.05) is 11.4 Å². The van der Waals surface area contributed by atoms with Crippen molar-refractivity contribution in [2.75, 3.05) is 19.8 Å². The highest BCUT2D eigenvalue weighted by molar-refractivity contribution is 7.10. The van der Waals surface area contributed by atoms with Crippen LogP contribution in [-0.4, -0.2) is 47.9 Å². The minimum atomic E-state index is -0.444. The van der Waals surface area contributed by atoms with Crippen molar-refractivity contribution in [2.24, 2.45) is 5.92 Å². The van der Waals surface area contributed by atoms with Gasteiger partial charge >= 0.3 is 6.03 Å². The maximum absolute atomic E-state index is 12.8. The lowest BCUT2D eigenvalue weighted by molar-refractivity contribution is -0.00492. The lowest BCUT2D eigenvalue weighted by Crippen LogP contribution is -2.53. The Labute approximate surface area is 142 Å². The molecule has 1 aromatic rings. The molecule has 0 aliphatic carbocycles. The number of ether oxygens (including phenoxy) is 1. The summed E-state index contributed by atoms with van der Waals surface area (Å²) >= 11 is 1.68. The van der Waals surface area contributed by atoms with E-state index < -0.39 is 6.10 Å². The molecule has 2 amide bonds. The Morgan fingerprint density at radius 3 is 2.91 bits per heavy atom. The van der Waals surface area contributed by atoms with Crippen LogP contribution in [0.1, 0.15) is 44.5 Å². The van der Waals surface area contributed by atoms with Crippen LogP contribution in [0.2, 0.25) is 0 Å². The van der Waals surface area contributed by atoms with Gasteiger partial charge in [0.05, 0.1) is 31.4 Å². The highest BCUT2D eigenvalue weighted by Gasteiger charge is 2.30. The summed E-state index contributed by atoms with van der Waals surface area (Å²) in [5, 5.41) is 14.9. The van der Waals surface area contributed by atoms with E-state index in [1.807, 2.05) is 16.3 Å². The summed E-state index contributed by atoms with van der Waals surface area (Å²) in [6.07, 6.45) is 1.01. The van der Waals surface area contributed by atoms with Crippen molar-refractivity contribution < 1.29 is 14.6 Å². The third-order valence-corrected chi connectivity index (χ3v) is 4.98. The number of thiophene rings is 1. The molecular weight excluding hydrogens is 312 g/mol. The molecule has 0 aromatic carbocycles. The number of urea groups is 1. The summed E-state index contributed by atoms with van der Waals surface area (Å²) in [5.41, 5.74) is 0. The molecule has 0 bridgehead atoms. The molecule has 2 heterocycles. The first kappa shape index (κ1) is 18.2. The fourth-order valence-electron chi connectivity index (χ4n) is 2.95. The maximum atomic E-state index is 12.8. The van der Waals surface area contributed by atoms with E-state index in [1.54, 1.807) is 18.3 Å². The SMILES string of the molecule is CC(C)C[C@H](NC(=O)N1CCOC[C@@H]1C[C@@H](C)O)c1cccs1. The number of hydrogen-bond donors (Lipinski definition) is 2. The lowest BCUT2D eigenvalue weighted by atomic mass is 10.0. The predicted molar refractivity (Wildman–Crippen MR) is 92.7 cm³/mol. The molecule has 0 radical (unpaired) electrons. The molecule has 2 N–H and O–H groups in total. The van der Waals surface area contributed by atoms with Gasteiger partial charge in [-0.25, -0.2) is 4.79 Å². The van der Waals surface area contributed by atoms with E-state index in [0.717, 1.165) is 6.42 Å². The molecule has 1 aromatic heterocycles. The van der Waals surface area contributed by atoms with Gasteiger partial charge in [0.1, 0.15) is 0 Å². The molecule has 0 unspecified atom stereocenters. The molecule has 1 aliphatic heterocycles. The van der Waals surface area contributed by atoms with Crippen LogP contribution in [0.3, 0.4) is 0 Å². The van der Waals surface area contributed by atoms with Crippen molar-refractivity contribution in [3.63, 3.8) is 0 Å². The first-order valence-corrected chi connectivity index (χ1v) is 9.21. The quantitative estimate of drug-likeness (QED) is 0.837. The van der Waals surface area contributed by atoms with Gasteiger partial charge in [-0.05, 0) is 37.1 Å². The van der Waals surface area contributed by atoms with E-state index in [4.69, 9.17) is 4.74 Å². The first-order chi connectivity index (χ1) is 11.0. The van der Waals surface area contributed by atoms with E-state index in [-0.39, 0.29) is 18.1 Å². The van der Waals surface area contributed by atoms with Gasteiger partial charge in [-0.2, -0.15) is 0 Å². The fourth-order valence-corrected chi connectivity index (χ4v) is 3.74. The first-order valence-electron chi connectivity index (χ1n) is 8.33. The van der Waals surface area contributed by atoms with E-state index in [1.165, 1.54) is 4.88 Å². The zero-order valence-electron chi connectivity index (χ0n) is 14.2. The second-order valence-corrected chi connectivity index (χ2v) is 7.63. The van der Waals surface area contributed by atoms with E-state index in [0.29, 0.717) is 32.1 Å². The number of nitrogens with one attached hydrogen (secondary N) is 1.